The first-order chi connectivity index (χ1) is 16.8. The summed E-state index contributed by atoms with van der Waals surface area (Å²) in [4.78, 5) is 31.7. The first-order valence-electron chi connectivity index (χ1n) is 12.7. The number of rotatable bonds is 8. The molecule has 1 aromatic heterocycles. The molecular weight excluding hydrogens is 462 g/mol. The molecule has 1 aliphatic carbocycles. The minimum Gasteiger partial charge on any atom is -0.611 e. The second-order valence-corrected chi connectivity index (χ2v) is 11.5. The fraction of sp³-hybridized carbons (Fsp3) is 0.556. The van der Waals surface area contributed by atoms with Crippen molar-refractivity contribution in [2.45, 2.75) is 82.5 Å². The van der Waals surface area contributed by atoms with Gasteiger partial charge in [-0.1, -0.05) is 0 Å². The third-order valence-electron chi connectivity index (χ3n) is 7.39. The van der Waals surface area contributed by atoms with Gasteiger partial charge in [0.05, 0.1) is 0 Å². The van der Waals surface area contributed by atoms with Crippen LogP contribution in [0.4, 0.5) is 5.69 Å². The lowest BCUT2D eigenvalue weighted by atomic mass is 10.00. The van der Waals surface area contributed by atoms with E-state index in [1.807, 2.05) is 32.9 Å². The van der Waals surface area contributed by atoms with Crippen molar-refractivity contribution in [1.29, 1.82) is 0 Å². The molecule has 2 aliphatic rings. The molecule has 1 amide bonds. The fourth-order valence-corrected chi connectivity index (χ4v) is 6.70. The lowest BCUT2D eigenvalue weighted by molar-refractivity contribution is 0.0845. The molecule has 7 nitrogen and oxygen atoms in total. The lowest BCUT2D eigenvalue weighted by Gasteiger charge is -2.37. The maximum Gasteiger partial charge on any atom is 0.253 e. The Hall–Kier alpha value is -2.29. The Bertz CT molecular complexity index is 1120. The number of carbonyl (C=O) groups excluding carboxylic acids is 1. The first-order valence-corrected chi connectivity index (χ1v) is 13.9. The van der Waals surface area contributed by atoms with Gasteiger partial charge in [-0.2, -0.15) is 0 Å². The number of amides is 1. The van der Waals surface area contributed by atoms with Crippen LogP contribution in [0.5, 0.6) is 0 Å². The number of H-pyrrole nitrogens is 1. The molecule has 1 aliphatic heterocycles. The molecule has 0 radical (unpaired) electrons. The summed E-state index contributed by atoms with van der Waals surface area (Å²) in [5.41, 5.74) is 4.38. The molecule has 1 unspecified atom stereocenters. The quantitative estimate of drug-likeness (QED) is 0.537. The maximum absolute atomic E-state index is 13.4. The van der Waals surface area contributed by atoms with Crippen LogP contribution in [0.15, 0.2) is 27.9 Å². The van der Waals surface area contributed by atoms with Gasteiger partial charge in [0.2, 0.25) is 0 Å². The van der Waals surface area contributed by atoms with Crippen molar-refractivity contribution < 1.29 is 14.1 Å². The maximum atomic E-state index is 13.4. The molecule has 2 heterocycles. The highest BCUT2D eigenvalue weighted by Crippen LogP contribution is 2.36. The number of nitrogens with zero attached hydrogens (tertiary/aromatic N) is 1. The van der Waals surface area contributed by atoms with Gasteiger partial charge in [-0.3, -0.25) is 9.59 Å². The average molecular weight is 500 g/mol. The molecule has 1 aromatic carbocycles. The van der Waals surface area contributed by atoms with Gasteiger partial charge in [0.1, 0.15) is 5.25 Å². The number of anilines is 1. The first kappa shape index (κ1) is 25.8. The Kier molecular flexibility index (Phi) is 8.24. The summed E-state index contributed by atoms with van der Waals surface area (Å²) in [6, 6.07) is 6.06. The van der Waals surface area contributed by atoms with E-state index in [-0.39, 0.29) is 23.3 Å². The number of aromatic amines is 1. The minimum atomic E-state index is -1.15. The number of pyridine rings is 1. The zero-order chi connectivity index (χ0) is 25.1. The van der Waals surface area contributed by atoms with E-state index in [0.717, 1.165) is 79.3 Å². The third-order valence-corrected chi connectivity index (χ3v) is 9.16. The molecule has 1 saturated carbocycles. The van der Waals surface area contributed by atoms with Crippen LogP contribution in [-0.2, 0) is 22.5 Å². The highest BCUT2D eigenvalue weighted by Gasteiger charge is 2.33. The molecule has 0 spiro atoms. The number of aryl methyl sites for hydroxylation is 2. The summed E-state index contributed by atoms with van der Waals surface area (Å²) in [6.07, 6.45) is 4.89. The Morgan fingerprint density at radius 1 is 1.17 bits per heavy atom. The van der Waals surface area contributed by atoms with E-state index in [4.69, 9.17) is 4.74 Å². The molecule has 2 N–H and O–H groups in total. The number of benzene rings is 1. The van der Waals surface area contributed by atoms with Gasteiger partial charge in [-0.05, 0) is 88.2 Å². The molecule has 35 heavy (non-hydrogen) atoms. The van der Waals surface area contributed by atoms with Crippen molar-refractivity contribution in [3.8, 4) is 0 Å². The summed E-state index contributed by atoms with van der Waals surface area (Å²) in [5, 5.41) is 3.11. The summed E-state index contributed by atoms with van der Waals surface area (Å²) in [5.74, 6) is -0.251. The summed E-state index contributed by atoms with van der Waals surface area (Å²) < 4.78 is 18.9. The Morgan fingerprint density at radius 2 is 1.89 bits per heavy atom. The highest BCUT2D eigenvalue weighted by molar-refractivity contribution is 7.92. The zero-order valence-electron chi connectivity index (χ0n) is 21.2. The topological polar surface area (TPSA) is 97.5 Å². The molecule has 2 fully saturated rings. The van der Waals surface area contributed by atoms with Crippen LogP contribution in [0, 0.1) is 20.8 Å². The third kappa shape index (κ3) is 5.60. The van der Waals surface area contributed by atoms with E-state index in [2.05, 4.69) is 22.1 Å². The van der Waals surface area contributed by atoms with Gasteiger partial charge in [0.15, 0.2) is 4.90 Å². The van der Waals surface area contributed by atoms with Crippen molar-refractivity contribution in [2.24, 2.45) is 0 Å². The number of ether oxygens (including phenoxy) is 1. The van der Waals surface area contributed by atoms with Crippen LogP contribution in [0.1, 0.15) is 71.8 Å². The Morgan fingerprint density at radius 3 is 2.49 bits per heavy atom. The molecule has 8 heteroatoms. The zero-order valence-corrected chi connectivity index (χ0v) is 22.1. The van der Waals surface area contributed by atoms with Crippen LogP contribution in [-0.4, -0.2) is 46.5 Å². The Labute approximate surface area is 210 Å². The Balaban J connectivity index is 1.67. The number of hydrogen-bond donors (Lipinski definition) is 2. The molecule has 1 atom stereocenters. The van der Waals surface area contributed by atoms with Gasteiger partial charge < -0.3 is 24.5 Å². The van der Waals surface area contributed by atoms with Crippen molar-refractivity contribution in [3.63, 3.8) is 0 Å². The molecule has 2 aromatic rings. The largest absolute Gasteiger partial charge is 0.611 e. The van der Waals surface area contributed by atoms with Gasteiger partial charge in [-0.25, -0.2) is 0 Å². The van der Waals surface area contributed by atoms with Crippen molar-refractivity contribution in [3.05, 3.63) is 56.5 Å². The van der Waals surface area contributed by atoms with Crippen LogP contribution < -0.4 is 15.8 Å². The van der Waals surface area contributed by atoms with E-state index in [1.54, 1.807) is 6.07 Å². The standard InChI is InChI=1S/C27H37N3O4S/c1-5-30(20-9-11-34-12-10-20)25-15-22(35(33)21-7-6-8-21)14-23(19(25)4)26(31)28-16-24-17(2)13-18(3)29-27(24)32/h13-15,20-21H,5-12,16H2,1-4H3,(H,28,31)(H,29,32). The van der Waals surface area contributed by atoms with Crippen molar-refractivity contribution in [2.75, 3.05) is 24.7 Å². The predicted octanol–water partition coefficient (Wildman–Crippen LogP) is 3.90. The van der Waals surface area contributed by atoms with Gasteiger partial charge >= 0.3 is 0 Å². The summed E-state index contributed by atoms with van der Waals surface area (Å²) >= 11 is -1.15. The molecule has 1 saturated heterocycles. The molecule has 4 rings (SSSR count). The second kappa shape index (κ2) is 11.2. The monoisotopic (exact) mass is 499 g/mol. The van der Waals surface area contributed by atoms with Crippen LogP contribution in [0.3, 0.4) is 0 Å². The lowest BCUT2D eigenvalue weighted by Crippen LogP contribution is -2.40. The van der Waals surface area contributed by atoms with Gasteiger partial charge in [-0.15, -0.1) is 0 Å². The van der Waals surface area contributed by atoms with E-state index in [9.17, 15) is 14.1 Å². The van der Waals surface area contributed by atoms with Crippen LogP contribution in [0.25, 0.3) is 0 Å². The number of nitrogens with one attached hydrogen (secondary N) is 2. The fourth-order valence-electron chi connectivity index (χ4n) is 5.09. The second-order valence-electron chi connectivity index (χ2n) is 9.72. The summed E-state index contributed by atoms with van der Waals surface area (Å²) in [6.45, 7) is 10.2. The van der Waals surface area contributed by atoms with E-state index >= 15 is 0 Å². The normalized spacial score (nSPS) is 17.6. The molecule has 0 bridgehead atoms. The minimum absolute atomic E-state index is 0.141. The number of carbonyl (C=O) groups is 1. The van der Waals surface area contributed by atoms with Crippen molar-refractivity contribution in [1.82, 2.24) is 10.3 Å². The smallest absolute Gasteiger partial charge is 0.253 e. The summed E-state index contributed by atoms with van der Waals surface area (Å²) in [7, 11) is 0. The molecule has 190 valence electrons. The number of aromatic nitrogens is 1. The average Bonchev–Trinajstić information content (AvgIpc) is 2.79. The van der Waals surface area contributed by atoms with Crippen molar-refractivity contribution >= 4 is 22.8 Å². The van der Waals surface area contributed by atoms with E-state index < -0.39 is 11.2 Å². The van der Waals surface area contributed by atoms with Gasteiger partial charge in [0.25, 0.3) is 11.5 Å². The van der Waals surface area contributed by atoms with E-state index in [0.29, 0.717) is 17.2 Å². The van der Waals surface area contributed by atoms with E-state index in [1.165, 1.54) is 0 Å². The van der Waals surface area contributed by atoms with Gasteiger partial charge in [0, 0.05) is 67.0 Å². The van der Waals surface area contributed by atoms with Crippen LogP contribution >= 0.6 is 0 Å². The number of hydrogen-bond acceptors (Lipinski definition) is 5. The SMILES string of the molecule is CCN(c1cc([S+]([O-])C2CCC2)cc(C(=O)NCc2c(C)cc(C)[nH]c2=O)c1C)C1CCOCC1. The van der Waals surface area contributed by atoms with Crippen LogP contribution in [0.2, 0.25) is 0 Å². The highest BCUT2D eigenvalue weighted by atomic mass is 32.2. The predicted molar refractivity (Wildman–Crippen MR) is 140 cm³/mol. The molecular formula is C27H37N3O4S.